The summed E-state index contributed by atoms with van der Waals surface area (Å²) in [5, 5.41) is 56.8. The van der Waals surface area contributed by atoms with Crippen molar-refractivity contribution in [2.45, 2.75) is 119 Å². The maximum atomic E-state index is 13.9. The topological polar surface area (TPSA) is 292 Å². The highest BCUT2D eigenvalue weighted by molar-refractivity contribution is 5.99. The lowest BCUT2D eigenvalue weighted by Crippen LogP contribution is -2.70. The molecule has 10 atom stereocenters. The van der Waals surface area contributed by atoms with Crippen molar-refractivity contribution in [2.75, 3.05) is 30.5 Å². The second-order valence-corrected chi connectivity index (χ2v) is 16.6. The molecule has 5 rings (SSSR count). The molecule has 26 heteroatoms. The number of rotatable bonds is 19. The highest BCUT2D eigenvalue weighted by atomic mass is 19.4. The lowest BCUT2D eigenvalue weighted by Gasteiger charge is -2.47. The van der Waals surface area contributed by atoms with Crippen molar-refractivity contribution >= 4 is 47.2 Å². The number of carbonyl (C=O) groups is 6. The van der Waals surface area contributed by atoms with Gasteiger partial charge in [0.15, 0.2) is 6.29 Å². The van der Waals surface area contributed by atoms with Gasteiger partial charge in [-0.25, -0.2) is 19.2 Å². The molecule has 2 fully saturated rings. The van der Waals surface area contributed by atoms with Crippen molar-refractivity contribution in [1.29, 1.82) is 0 Å². The van der Waals surface area contributed by atoms with Crippen LogP contribution in [0, 0.1) is 0 Å². The Balaban J connectivity index is 1.44. The van der Waals surface area contributed by atoms with Gasteiger partial charge in [0.2, 0.25) is 11.8 Å². The zero-order valence-electron chi connectivity index (χ0n) is 38.3. The number of ether oxygens (including phenoxy) is 4. The Morgan fingerprint density at radius 3 is 1.88 bits per heavy atom. The zero-order chi connectivity index (χ0) is 52.8. The first-order valence-corrected chi connectivity index (χ1v) is 22.5. The Kier molecular flexibility index (Phi) is 20.2. The third-order valence-corrected chi connectivity index (χ3v) is 11.3. The molecule has 0 radical (unpaired) electrons. The lowest BCUT2D eigenvalue weighted by atomic mass is 9.93. The number of amides is 6. The van der Waals surface area contributed by atoms with Crippen LogP contribution in [0.1, 0.15) is 66.9 Å². The number of aliphatic hydroxyl groups excluding tert-OH is 4. The number of hydrogen-bond acceptors (Lipinski definition) is 14. The molecule has 72 heavy (non-hydrogen) atoms. The predicted molar refractivity (Wildman–Crippen MR) is 238 cm³/mol. The van der Waals surface area contributed by atoms with Crippen LogP contribution in [0.4, 0.5) is 47.3 Å². The summed E-state index contributed by atoms with van der Waals surface area (Å²) >= 11 is 0. The number of esters is 2. The first kappa shape index (κ1) is 56.5. The van der Waals surface area contributed by atoms with Crippen LogP contribution in [-0.2, 0) is 45.7 Å². The van der Waals surface area contributed by atoms with Gasteiger partial charge < -0.3 is 71.3 Å². The van der Waals surface area contributed by atoms with E-state index >= 15 is 0 Å². The molecule has 0 bridgehead atoms. The summed E-state index contributed by atoms with van der Waals surface area (Å²) in [5.41, 5.74) is -2.95. The van der Waals surface area contributed by atoms with E-state index in [1.807, 2.05) is 6.92 Å². The zero-order valence-corrected chi connectivity index (χ0v) is 38.3. The normalized spacial score (nSPS) is 23.7. The summed E-state index contributed by atoms with van der Waals surface area (Å²) in [7, 11) is 0. The first-order valence-electron chi connectivity index (χ1n) is 22.5. The SMILES string of the molecule is CCCCCC(=O)N[C@H](CCC(=O)N[C@H]1C(CO)OCC(NC(=O)Nc2cccc(C(F)(F)F)c2)[C@H]1O[C@@H]1OC(CO)[C@@H](O)[C@H](O)C1NC(=O)Nc1cccc(C(F)(F)F)c1)C(=O)OC(=O)c1ccccc1. The fourth-order valence-electron chi connectivity index (χ4n) is 7.62. The average Bonchev–Trinajstić information content (AvgIpc) is 3.33. The van der Waals surface area contributed by atoms with E-state index in [1.54, 1.807) is 6.07 Å². The molecule has 6 amide bonds. The summed E-state index contributed by atoms with van der Waals surface area (Å²) in [5.74, 6) is -3.81. The Morgan fingerprint density at radius 1 is 0.708 bits per heavy atom. The number of alkyl halides is 6. The molecule has 4 unspecified atom stereocenters. The standard InChI is InChI=1S/C46H54F6N6O14/c1-2-3-5-16-33(61)55-29(41(66)72-40(65)24-10-6-4-7-11-24)17-18-34(62)57-35-31(21-59)69-23-30(56-43(67)53-27-14-8-12-25(19-27)45(47,48)49)39(35)71-42-36(38(64)37(63)32(22-60)70-42)58-44(68)54-28-15-9-13-26(20-28)46(50,51)52/h4,6-15,19-20,29-32,35-39,42,59-60,63-64H,2-3,5,16-18,21-23H2,1H3,(H,55,61)(H,57,62)(H2,53,56,67)(H2,54,58,68)/t29-,30?,31?,32?,35+,36?,37-,38-,39-,42+/m1/s1. The number of halogens is 6. The number of unbranched alkanes of at least 4 members (excludes halogenated alkanes) is 2. The summed E-state index contributed by atoms with van der Waals surface area (Å²) in [4.78, 5) is 79.8. The van der Waals surface area contributed by atoms with Gasteiger partial charge in [-0.3, -0.25) is 9.59 Å². The Bertz CT molecular complexity index is 2330. The van der Waals surface area contributed by atoms with Crippen LogP contribution in [0.15, 0.2) is 78.9 Å². The molecule has 20 nitrogen and oxygen atoms in total. The summed E-state index contributed by atoms with van der Waals surface area (Å²) in [6.45, 7) is -0.546. The smallest absolute Gasteiger partial charge is 0.394 e. The number of urea groups is 2. The van der Waals surface area contributed by atoms with Gasteiger partial charge in [-0.2, -0.15) is 26.3 Å². The van der Waals surface area contributed by atoms with Crippen LogP contribution >= 0.6 is 0 Å². The van der Waals surface area contributed by atoms with E-state index < -0.39 is 153 Å². The Labute approximate surface area is 407 Å². The van der Waals surface area contributed by atoms with Crippen LogP contribution in [0.25, 0.3) is 0 Å². The van der Waals surface area contributed by atoms with E-state index in [1.165, 1.54) is 24.3 Å². The lowest BCUT2D eigenvalue weighted by molar-refractivity contribution is -0.293. The van der Waals surface area contributed by atoms with E-state index in [0.29, 0.717) is 25.0 Å². The quantitative estimate of drug-likeness (QED) is 0.0357. The van der Waals surface area contributed by atoms with Crippen LogP contribution in [0.5, 0.6) is 0 Å². The van der Waals surface area contributed by atoms with Gasteiger partial charge in [-0.1, -0.05) is 50.1 Å². The van der Waals surface area contributed by atoms with Crippen molar-refractivity contribution < 1.29 is 94.5 Å². The fourth-order valence-corrected chi connectivity index (χ4v) is 7.62. The van der Waals surface area contributed by atoms with Crippen molar-refractivity contribution in [2.24, 2.45) is 0 Å². The van der Waals surface area contributed by atoms with E-state index in [2.05, 4.69) is 31.9 Å². The third-order valence-electron chi connectivity index (χ3n) is 11.3. The summed E-state index contributed by atoms with van der Waals surface area (Å²) in [6, 6.07) is 5.35. The number of aliphatic hydroxyl groups is 4. The minimum Gasteiger partial charge on any atom is -0.394 e. The minimum atomic E-state index is -4.80. The van der Waals surface area contributed by atoms with Gasteiger partial charge in [0.05, 0.1) is 48.6 Å². The van der Waals surface area contributed by atoms with Gasteiger partial charge >= 0.3 is 36.4 Å². The number of benzene rings is 3. The molecule has 0 aliphatic carbocycles. The van der Waals surface area contributed by atoms with E-state index in [0.717, 1.165) is 42.8 Å². The molecule has 0 saturated carbocycles. The molecule has 2 saturated heterocycles. The van der Waals surface area contributed by atoms with Crippen LogP contribution in [0.3, 0.4) is 0 Å². The minimum absolute atomic E-state index is 0.00439. The molecule has 10 N–H and O–H groups in total. The molecule has 3 aromatic rings. The second-order valence-electron chi connectivity index (χ2n) is 16.6. The third kappa shape index (κ3) is 16.0. The number of carbonyl (C=O) groups excluding carboxylic acids is 6. The molecular formula is C46H54F6N6O14. The summed E-state index contributed by atoms with van der Waals surface area (Å²) in [6.07, 6.45) is -19.7. The van der Waals surface area contributed by atoms with Gasteiger partial charge in [-0.15, -0.1) is 0 Å². The van der Waals surface area contributed by atoms with Gasteiger partial charge in [0, 0.05) is 24.2 Å². The highest BCUT2D eigenvalue weighted by Gasteiger charge is 2.50. The van der Waals surface area contributed by atoms with Gasteiger partial charge in [0.1, 0.15) is 42.6 Å². The van der Waals surface area contributed by atoms with E-state index in [-0.39, 0.29) is 23.4 Å². The van der Waals surface area contributed by atoms with Crippen LogP contribution in [0.2, 0.25) is 0 Å². The van der Waals surface area contributed by atoms with Crippen molar-refractivity contribution in [3.05, 3.63) is 95.6 Å². The van der Waals surface area contributed by atoms with E-state index in [4.69, 9.17) is 18.9 Å². The average molecular weight is 1030 g/mol. The predicted octanol–water partition coefficient (Wildman–Crippen LogP) is 3.33. The molecule has 0 spiro atoms. The molecule has 3 aromatic carbocycles. The number of hydrogen-bond donors (Lipinski definition) is 10. The van der Waals surface area contributed by atoms with Crippen molar-refractivity contribution in [3.63, 3.8) is 0 Å². The molecule has 2 aliphatic rings. The summed E-state index contributed by atoms with van der Waals surface area (Å²) < 4.78 is 104. The fraction of sp³-hybridized carbons (Fsp3) is 0.478. The van der Waals surface area contributed by atoms with Crippen molar-refractivity contribution in [3.8, 4) is 0 Å². The van der Waals surface area contributed by atoms with E-state index in [9.17, 15) is 75.5 Å². The van der Waals surface area contributed by atoms with Crippen molar-refractivity contribution in [1.82, 2.24) is 21.3 Å². The first-order chi connectivity index (χ1) is 34.1. The Hall–Kier alpha value is -6.42. The maximum absolute atomic E-state index is 13.9. The number of nitrogens with one attached hydrogen (secondary N) is 6. The maximum Gasteiger partial charge on any atom is 0.416 e. The van der Waals surface area contributed by atoms with Gasteiger partial charge in [0.25, 0.3) is 0 Å². The molecular weight excluding hydrogens is 975 g/mol. The molecule has 2 aliphatic heterocycles. The monoisotopic (exact) mass is 1030 g/mol. The Morgan fingerprint density at radius 2 is 1.31 bits per heavy atom. The molecule has 0 aromatic heterocycles. The van der Waals surface area contributed by atoms with Crippen LogP contribution < -0.4 is 31.9 Å². The number of anilines is 2. The highest BCUT2D eigenvalue weighted by Crippen LogP contribution is 2.33. The van der Waals surface area contributed by atoms with Gasteiger partial charge in [-0.05, 0) is 61.4 Å². The largest absolute Gasteiger partial charge is 0.416 e. The molecule has 394 valence electrons. The van der Waals surface area contributed by atoms with Crippen LogP contribution in [-0.4, -0.2) is 137 Å². The second kappa shape index (κ2) is 25.8. The molecule has 2 heterocycles.